The van der Waals surface area contributed by atoms with Gasteiger partial charge in [0.1, 0.15) is 0 Å². The second-order valence-electron chi connectivity index (χ2n) is 4.26. The predicted molar refractivity (Wildman–Crippen MR) is 71.0 cm³/mol. The Kier molecular flexibility index (Phi) is 3.94. The molecular weight excluding hydrogens is 242 g/mol. The first-order valence-electron chi connectivity index (χ1n) is 6.26. The molecule has 0 bridgehead atoms. The van der Waals surface area contributed by atoms with Gasteiger partial charge in [0, 0.05) is 0 Å². The summed E-state index contributed by atoms with van der Waals surface area (Å²) in [6.07, 6.45) is 0.675. The van der Waals surface area contributed by atoms with Crippen molar-refractivity contribution in [3.63, 3.8) is 0 Å². The molecule has 2 aromatic rings. The number of methoxy groups -OCH3 is 1. The Labute approximate surface area is 112 Å². The molecule has 2 rings (SSSR count). The van der Waals surface area contributed by atoms with Crippen LogP contribution < -0.4 is 0 Å². The lowest BCUT2D eigenvalue weighted by Crippen LogP contribution is -2.13. The van der Waals surface area contributed by atoms with Crippen LogP contribution in [-0.2, 0) is 11.2 Å². The SMILES string of the molecule is CCc1c(C(=O)OC)nnn1C(C)c1ccccc1. The van der Waals surface area contributed by atoms with Crippen molar-refractivity contribution in [2.24, 2.45) is 0 Å². The van der Waals surface area contributed by atoms with E-state index in [0.29, 0.717) is 12.1 Å². The van der Waals surface area contributed by atoms with Crippen molar-refractivity contribution in [3.8, 4) is 0 Å². The molecule has 100 valence electrons. The van der Waals surface area contributed by atoms with Crippen LogP contribution in [0.4, 0.5) is 0 Å². The minimum Gasteiger partial charge on any atom is -0.464 e. The van der Waals surface area contributed by atoms with Gasteiger partial charge in [-0.25, -0.2) is 9.48 Å². The van der Waals surface area contributed by atoms with E-state index in [2.05, 4.69) is 10.3 Å². The number of carbonyl (C=O) groups excluding carboxylic acids is 1. The minimum atomic E-state index is -0.441. The third-order valence-corrected chi connectivity index (χ3v) is 3.15. The second kappa shape index (κ2) is 5.65. The van der Waals surface area contributed by atoms with Crippen LogP contribution >= 0.6 is 0 Å². The van der Waals surface area contributed by atoms with E-state index in [1.54, 1.807) is 4.68 Å². The normalized spacial score (nSPS) is 12.2. The molecule has 5 heteroatoms. The van der Waals surface area contributed by atoms with Crippen LogP contribution in [0.15, 0.2) is 30.3 Å². The first-order chi connectivity index (χ1) is 9.19. The molecule has 1 atom stereocenters. The summed E-state index contributed by atoms with van der Waals surface area (Å²) in [6.45, 7) is 4.00. The monoisotopic (exact) mass is 259 g/mol. The van der Waals surface area contributed by atoms with E-state index in [9.17, 15) is 4.79 Å². The molecule has 0 spiro atoms. The van der Waals surface area contributed by atoms with Crippen LogP contribution in [0.3, 0.4) is 0 Å². The number of carbonyl (C=O) groups is 1. The molecule has 1 aromatic heterocycles. The molecule has 1 unspecified atom stereocenters. The summed E-state index contributed by atoms with van der Waals surface area (Å²) in [5.41, 5.74) is 2.22. The van der Waals surface area contributed by atoms with Gasteiger partial charge in [0.25, 0.3) is 0 Å². The van der Waals surface area contributed by atoms with E-state index in [-0.39, 0.29) is 6.04 Å². The Bertz CT molecular complexity index is 563. The standard InChI is InChI=1S/C14H17N3O2/c1-4-12-13(14(18)19-3)15-16-17(12)10(2)11-8-6-5-7-9-11/h5-10H,4H2,1-3H3. The van der Waals surface area contributed by atoms with Gasteiger partial charge in [-0.1, -0.05) is 42.5 Å². The molecule has 0 saturated carbocycles. The van der Waals surface area contributed by atoms with Gasteiger partial charge in [0.05, 0.1) is 18.8 Å². The van der Waals surface area contributed by atoms with Crippen LogP contribution in [-0.4, -0.2) is 28.1 Å². The van der Waals surface area contributed by atoms with Gasteiger partial charge in [-0.2, -0.15) is 0 Å². The van der Waals surface area contributed by atoms with Gasteiger partial charge < -0.3 is 4.74 Å². The first kappa shape index (κ1) is 13.3. The van der Waals surface area contributed by atoms with Crippen molar-refractivity contribution in [3.05, 3.63) is 47.3 Å². The summed E-state index contributed by atoms with van der Waals surface area (Å²) in [4.78, 5) is 11.6. The molecule has 0 saturated heterocycles. The number of hydrogen-bond acceptors (Lipinski definition) is 4. The Hall–Kier alpha value is -2.17. The summed E-state index contributed by atoms with van der Waals surface area (Å²) >= 11 is 0. The quantitative estimate of drug-likeness (QED) is 0.790. The summed E-state index contributed by atoms with van der Waals surface area (Å²) in [6, 6.07) is 10.0. The Morgan fingerprint density at radius 3 is 2.63 bits per heavy atom. The maximum absolute atomic E-state index is 11.6. The fraction of sp³-hybridized carbons (Fsp3) is 0.357. The smallest absolute Gasteiger partial charge is 0.360 e. The molecule has 5 nitrogen and oxygen atoms in total. The fourth-order valence-electron chi connectivity index (χ4n) is 2.08. The highest BCUT2D eigenvalue weighted by molar-refractivity contribution is 5.88. The number of aromatic nitrogens is 3. The highest BCUT2D eigenvalue weighted by atomic mass is 16.5. The maximum atomic E-state index is 11.6. The fourth-order valence-corrected chi connectivity index (χ4v) is 2.08. The minimum absolute atomic E-state index is 0.0297. The lowest BCUT2D eigenvalue weighted by molar-refractivity contribution is 0.0592. The zero-order chi connectivity index (χ0) is 13.8. The van der Waals surface area contributed by atoms with Crippen molar-refractivity contribution in [1.82, 2.24) is 15.0 Å². The molecule has 1 aromatic carbocycles. The van der Waals surface area contributed by atoms with Gasteiger partial charge in [0.15, 0.2) is 5.69 Å². The Morgan fingerprint density at radius 1 is 1.37 bits per heavy atom. The van der Waals surface area contributed by atoms with Crippen molar-refractivity contribution in [1.29, 1.82) is 0 Å². The molecule has 0 N–H and O–H groups in total. The van der Waals surface area contributed by atoms with Crippen molar-refractivity contribution in [2.45, 2.75) is 26.3 Å². The summed E-state index contributed by atoms with van der Waals surface area (Å²) in [7, 11) is 1.35. The molecule has 0 fully saturated rings. The molecule has 1 heterocycles. The van der Waals surface area contributed by atoms with E-state index < -0.39 is 5.97 Å². The van der Waals surface area contributed by atoms with Gasteiger partial charge >= 0.3 is 5.97 Å². The molecule has 19 heavy (non-hydrogen) atoms. The molecule has 0 aliphatic heterocycles. The van der Waals surface area contributed by atoms with Gasteiger partial charge in [0.2, 0.25) is 0 Å². The third-order valence-electron chi connectivity index (χ3n) is 3.15. The van der Waals surface area contributed by atoms with Gasteiger partial charge in [-0.3, -0.25) is 0 Å². The lowest BCUT2D eigenvalue weighted by Gasteiger charge is -2.14. The van der Waals surface area contributed by atoms with E-state index in [4.69, 9.17) is 4.74 Å². The van der Waals surface area contributed by atoms with Crippen molar-refractivity contribution in [2.75, 3.05) is 7.11 Å². The zero-order valence-electron chi connectivity index (χ0n) is 11.3. The lowest BCUT2D eigenvalue weighted by atomic mass is 10.1. The predicted octanol–water partition coefficient (Wildman–Crippen LogP) is 2.24. The second-order valence-corrected chi connectivity index (χ2v) is 4.26. The average molecular weight is 259 g/mol. The van der Waals surface area contributed by atoms with Crippen LogP contribution in [0.25, 0.3) is 0 Å². The summed E-state index contributed by atoms with van der Waals surface area (Å²) in [5.74, 6) is -0.441. The molecule has 0 radical (unpaired) electrons. The number of esters is 1. The number of hydrogen-bond donors (Lipinski definition) is 0. The largest absolute Gasteiger partial charge is 0.464 e. The van der Waals surface area contributed by atoms with E-state index >= 15 is 0 Å². The van der Waals surface area contributed by atoms with Gasteiger partial charge in [-0.05, 0) is 18.9 Å². The third kappa shape index (κ3) is 2.50. The van der Waals surface area contributed by atoms with Crippen molar-refractivity contribution >= 4 is 5.97 Å². The number of rotatable bonds is 4. The van der Waals surface area contributed by atoms with Crippen LogP contribution in [0.2, 0.25) is 0 Å². The van der Waals surface area contributed by atoms with Crippen molar-refractivity contribution < 1.29 is 9.53 Å². The van der Waals surface area contributed by atoms with E-state index in [1.807, 2.05) is 44.2 Å². The highest BCUT2D eigenvalue weighted by Gasteiger charge is 2.22. The Balaban J connectivity index is 2.40. The molecule has 0 aliphatic rings. The van der Waals surface area contributed by atoms with E-state index in [1.165, 1.54) is 7.11 Å². The topological polar surface area (TPSA) is 57.0 Å². The maximum Gasteiger partial charge on any atom is 0.360 e. The van der Waals surface area contributed by atoms with Crippen LogP contribution in [0.5, 0.6) is 0 Å². The van der Waals surface area contributed by atoms with Gasteiger partial charge in [-0.15, -0.1) is 5.10 Å². The summed E-state index contributed by atoms with van der Waals surface area (Å²) < 4.78 is 6.50. The van der Waals surface area contributed by atoms with Crippen LogP contribution in [0, 0.1) is 0 Å². The number of benzene rings is 1. The first-order valence-corrected chi connectivity index (χ1v) is 6.26. The molecule has 0 amide bonds. The number of nitrogens with zero attached hydrogens (tertiary/aromatic N) is 3. The average Bonchev–Trinajstić information content (AvgIpc) is 2.90. The highest BCUT2D eigenvalue weighted by Crippen LogP contribution is 2.20. The Morgan fingerprint density at radius 2 is 2.05 bits per heavy atom. The molecular formula is C14H17N3O2. The summed E-state index contributed by atoms with van der Waals surface area (Å²) in [5, 5.41) is 8.04. The molecule has 0 aliphatic carbocycles. The van der Waals surface area contributed by atoms with E-state index in [0.717, 1.165) is 11.3 Å². The van der Waals surface area contributed by atoms with Crippen LogP contribution in [0.1, 0.15) is 41.6 Å². The zero-order valence-corrected chi connectivity index (χ0v) is 11.3. The number of ether oxygens (including phenoxy) is 1.